The highest BCUT2D eigenvalue weighted by Crippen LogP contribution is 2.41. The SMILES string of the molecule is COc1ccc(C(=S)Nc2cc(C(F)(F)F)ccc2N2CC[C@H]3CCCCC3C2)cc1. The largest absolute Gasteiger partial charge is 0.497 e. The van der Waals surface area contributed by atoms with Crippen molar-refractivity contribution in [3.63, 3.8) is 0 Å². The quantitative estimate of drug-likeness (QED) is 0.539. The van der Waals surface area contributed by atoms with Crippen LogP contribution in [0, 0.1) is 11.8 Å². The number of halogens is 3. The van der Waals surface area contributed by atoms with Crippen LogP contribution in [0.15, 0.2) is 42.5 Å². The molecule has 1 N–H and O–H groups in total. The molecule has 0 bridgehead atoms. The summed E-state index contributed by atoms with van der Waals surface area (Å²) in [6, 6.07) is 11.1. The lowest BCUT2D eigenvalue weighted by Gasteiger charge is -2.43. The van der Waals surface area contributed by atoms with Gasteiger partial charge >= 0.3 is 6.18 Å². The second-order valence-corrected chi connectivity index (χ2v) is 8.86. The highest BCUT2D eigenvalue weighted by atomic mass is 32.1. The first kappa shape index (κ1) is 21.9. The molecule has 31 heavy (non-hydrogen) atoms. The molecule has 2 atom stereocenters. The van der Waals surface area contributed by atoms with Crippen molar-refractivity contribution in [2.45, 2.75) is 38.3 Å². The van der Waals surface area contributed by atoms with Gasteiger partial charge in [-0.15, -0.1) is 0 Å². The zero-order valence-corrected chi connectivity index (χ0v) is 18.4. The lowest BCUT2D eigenvalue weighted by molar-refractivity contribution is -0.137. The van der Waals surface area contributed by atoms with E-state index in [1.54, 1.807) is 37.4 Å². The van der Waals surface area contributed by atoms with E-state index in [1.165, 1.54) is 37.8 Å². The van der Waals surface area contributed by atoms with E-state index < -0.39 is 11.7 Å². The summed E-state index contributed by atoms with van der Waals surface area (Å²) in [5.74, 6) is 2.06. The molecule has 3 nitrogen and oxygen atoms in total. The van der Waals surface area contributed by atoms with Crippen molar-refractivity contribution in [2.24, 2.45) is 11.8 Å². The number of piperidine rings is 1. The van der Waals surface area contributed by atoms with Gasteiger partial charge in [0, 0.05) is 18.7 Å². The highest BCUT2D eigenvalue weighted by Gasteiger charge is 2.34. The van der Waals surface area contributed by atoms with E-state index in [9.17, 15) is 13.2 Å². The van der Waals surface area contributed by atoms with Crippen LogP contribution in [-0.4, -0.2) is 25.2 Å². The standard InChI is InChI=1S/C24H27F3N2OS/c1-30-20-9-6-17(7-10-20)23(31)28-21-14-19(24(25,26)27)8-11-22(21)29-13-12-16-4-2-3-5-18(16)15-29/h6-11,14,16,18H,2-5,12-13,15H2,1H3,(H,28,31)/t16-,18?/m1/s1. The van der Waals surface area contributed by atoms with Crippen molar-refractivity contribution in [2.75, 3.05) is 30.4 Å². The van der Waals surface area contributed by atoms with Crippen molar-refractivity contribution in [1.29, 1.82) is 0 Å². The van der Waals surface area contributed by atoms with Crippen LogP contribution in [-0.2, 0) is 6.18 Å². The normalized spacial score (nSPS) is 21.4. The van der Waals surface area contributed by atoms with Gasteiger partial charge in [0.15, 0.2) is 0 Å². The number of thiocarbonyl (C=S) groups is 1. The molecule has 1 aliphatic carbocycles. The fourth-order valence-electron chi connectivity index (χ4n) is 4.84. The molecule has 0 spiro atoms. The summed E-state index contributed by atoms with van der Waals surface area (Å²) in [6.07, 6.45) is 1.70. The number of nitrogens with zero attached hydrogens (tertiary/aromatic N) is 1. The molecule has 4 rings (SSSR count). The molecule has 1 heterocycles. The molecule has 2 aromatic carbocycles. The van der Waals surface area contributed by atoms with Gasteiger partial charge in [-0.2, -0.15) is 13.2 Å². The zero-order valence-electron chi connectivity index (χ0n) is 17.5. The van der Waals surface area contributed by atoms with Gasteiger partial charge in [0.25, 0.3) is 0 Å². The molecule has 0 amide bonds. The lowest BCUT2D eigenvalue weighted by Crippen LogP contribution is -2.42. The maximum atomic E-state index is 13.4. The van der Waals surface area contributed by atoms with Crippen LogP contribution in [0.1, 0.15) is 43.2 Å². The van der Waals surface area contributed by atoms with E-state index in [2.05, 4.69) is 10.2 Å². The Labute approximate surface area is 186 Å². The summed E-state index contributed by atoms with van der Waals surface area (Å²) in [7, 11) is 1.58. The fourth-order valence-corrected chi connectivity index (χ4v) is 5.09. The second kappa shape index (κ2) is 9.07. The lowest BCUT2D eigenvalue weighted by atomic mass is 9.75. The van der Waals surface area contributed by atoms with E-state index in [-0.39, 0.29) is 0 Å². The van der Waals surface area contributed by atoms with Gasteiger partial charge in [0.2, 0.25) is 0 Å². The van der Waals surface area contributed by atoms with E-state index in [1.807, 2.05) is 0 Å². The Hall–Kier alpha value is -2.28. The van der Waals surface area contributed by atoms with Gasteiger partial charge < -0.3 is 15.0 Å². The van der Waals surface area contributed by atoms with E-state index >= 15 is 0 Å². The Bertz CT molecular complexity index is 929. The molecule has 1 aliphatic heterocycles. The fraction of sp³-hybridized carbons (Fsp3) is 0.458. The summed E-state index contributed by atoms with van der Waals surface area (Å²) >= 11 is 5.52. The van der Waals surface area contributed by atoms with Crippen molar-refractivity contribution >= 4 is 28.6 Å². The third-order valence-corrected chi connectivity index (χ3v) is 6.89. The van der Waals surface area contributed by atoms with Crippen LogP contribution in [0.4, 0.5) is 24.5 Å². The number of anilines is 2. The maximum absolute atomic E-state index is 13.4. The Morgan fingerprint density at radius 3 is 2.42 bits per heavy atom. The minimum absolute atomic E-state index is 0.385. The van der Waals surface area contributed by atoms with Crippen molar-refractivity contribution in [3.05, 3.63) is 53.6 Å². The van der Waals surface area contributed by atoms with Crippen LogP contribution in [0.3, 0.4) is 0 Å². The van der Waals surface area contributed by atoms with Gasteiger partial charge in [-0.25, -0.2) is 0 Å². The molecule has 1 unspecified atom stereocenters. The first-order valence-electron chi connectivity index (χ1n) is 10.8. The minimum atomic E-state index is -4.41. The molecule has 0 aromatic heterocycles. The molecule has 0 radical (unpaired) electrons. The highest BCUT2D eigenvalue weighted by molar-refractivity contribution is 7.81. The molecule has 1 saturated heterocycles. The Morgan fingerprint density at radius 2 is 1.74 bits per heavy atom. The smallest absolute Gasteiger partial charge is 0.416 e. The Balaban J connectivity index is 1.61. The number of nitrogens with one attached hydrogen (secondary N) is 1. The van der Waals surface area contributed by atoms with Crippen LogP contribution in [0.5, 0.6) is 5.75 Å². The molecular weight excluding hydrogens is 421 g/mol. The average Bonchev–Trinajstić information content (AvgIpc) is 2.78. The minimum Gasteiger partial charge on any atom is -0.497 e. The predicted octanol–water partition coefficient (Wildman–Crippen LogP) is 6.52. The second-order valence-electron chi connectivity index (χ2n) is 8.45. The third kappa shape index (κ3) is 4.97. The zero-order chi connectivity index (χ0) is 22.0. The summed E-state index contributed by atoms with van der Waals surface area (Å²) in [4.78, 5) is 2.61. The van der Waals surface area contributed by atoms with Gasteiger partial charge in [-0.1, -0.05) is 31.5 Å². The average molecular weight is 449 g/mol. The van der Waals surface area contributed by atoms with Gasteiger partial charge in [-0.3, -0.25) is 0 Å². The Morgan fingerprint density at radius 1 is 1.03 bits per heavy atom. The van der Waals surface area contributed by atoms with Gasteiger partial charge in [0.1, 0.15) is 10.7 Å². The summed E-state index contributed by atoms with van der Waals surface area (Å²) in [5.41, 5.74) is 1.24. The summed E-state index contributed by atoms with van der Waals surface area (Å²) in [6.45, 7) is 1.75. The molecule has 1 saturated carbocycles. The first-order valence-corrected chi connectivity index (χ1v) is 11.2. The monoisotopic (exact) mass is 448 g/mol. The van der Waals surface area contributed by atoms with E-state index in [4.69, 9.17) is 17.0 Å². The molecule has 2 aliphatic rings. The Kier molecular flexibility index (Phi) is 6.42. The summed E-state index contributed by atoms with van der Waals surface area (Å²) < 4.78 is 45.4. The van der Waals surface area contributed by atoms with Gasteiger partial charge in [0.05, 0.1) is 24.0 Å². The predicted molar refractivity (Wildman–Crippen MR) is 122 cm³/mol. The molecule has 7 heteroatoms. The number of methoxy groups -OCH3 is 1. The molecular formula is C24H27F3N2OS. The van der Waals surface area contributed by atoms with Crippen molar-refractivity contribution < 1.29 is 17.9 Å². The number of ether oxygens (including phenoxy) is 1. The number of rotatable bonds is 4. The number of fused-ring (bicyclic) bond motifs is 1. The number of hydrogen-bond acceptors (Lipinski definition) is 3. The van der Waals surface area contributed by atoms with Crippen LogP contribution in [0.25, 0.3) is 0 Å². The first-order chi connectivity index (χ1) is 14.8. The van der Waals surface area contributed by atoms with Crippen LogP contribution in [0.2, 0.25) is 0 Å². The van der Waals surface area contributed by atoms with Gasteiger partial charge in [-0.05, 0) is 67.1 Å². The maximum Gasteiger partial charge on any atom is 0.416 e. The van der Waals surface area contributed by atoms with Crippen molar-refractivity contribution in [3.8, 4) is 5.75 Å². The molecule has 2 aromatic rings. The van der Waals surface area contributed by atoms with E-state index in [0.717, 1.165) is 36.7 Å². The third-order valence-electron chi connectivity index (χ3n) is 6.56. The van der Waals surface area contributed by atoms with Crippen molar-refractivity contribution in [1.82, 2.24) is 0 Å². The van der Waals surface area contributed by atoms with E-state index in [0.29, 0.717) is 22.3 Å². The number of hydrogen-bond donors (Lipinski definition) is 1. The summed E-state index contributed by atoms with van der Waals surface area (Å²) in [5, 5.41) is 3.10. The molecule has 166 valence electrons. The number of benzene rings is 2. The topological polar surface area (TPSA) is 24.5 Å². The number of alkyl halides is 3. The molecule has 2 fully saturated rings. The van der Waals surface area contributed by atoms with Crippen LogP contribution < -0.4 is 15.0 Å². The van der Waals surface area contributed by atoms with Crippen LogP contribution >= 0.6 is 12.2 Å².